The minimum absolute atomic E-state index is 0.119. The number of hydrogen-bond acceptors (Lipinski definition) is 3. The summed E-state index contributed by atoms with van der Waals surface area (Å²) in [6.07, 6.45) is 1.96. The Morgan fingerprint density at radius 2 is 1.83 bits per heavy atom. The predicted molar refractivity (Wildman–Crippen MR) is 118 cm³/mol. The highest BCUT2D eigenvalue weighted by molar-refractivity contribution is 7.17. The molecule has 5 heteroatoms. The van der Waals surface area contributed by atoms with E-state index in [9.17, 15) is 4.79 Å². The van der Waals surface area contributed by atoms with Crippen LogP contribution < -0.4 is 0 Å². The smallest absolute Gasteiger partial charge is 0.264 e. The topological polar surface area (TPSA) is 38.1 Å². The van der Waals surface area contributed by atoms with Gasteiger partial charge in [-0.25, -0.2) is 4.98 Å². The van der Waals surface area contributed by atoms with E-state index < -0.39 is 0 Å². The van der Waals surface area contributed by atoms with Gasteiger partial charge in [0.1, 0.15) is 0 Å². The fourth-order valence-corrected chi connectivity index (χ4v) is 5.08. The van der Waals surface area contributed by atoms with Crippen LogP contribution in [0.15, 0.2) is 60.7 Å². The van der Waals surface area contributed by atoms with Crippen molar-refractivity contribution in [2.45, 2.75) is 32.9 Å². The summed E-state index contributed by atoms with van der Waals surface area (Å²) in [4.78, 5) is 21.8. The van der Waals surface area contributed by atoms with E-state index in [2.05, 4.69) is 47.9 Å². The summed E-state index contributed by atoms with van der Waals surface area (Å²) in [6.45, 7) is 4.56. The lowest BCUT2D eigenvalue weighted by atomic mass is 10.00. The highest BCUT2D eigenvalue weighted by Crippen LogP contribution is 2.32. The summed E-state index contributed by atoms with van der Waals surface area (Å²) < 4.78 is 2.27. The maximum atomic E-state index is 13.1. The Kier molecular flexibility index (Phi) is 4.68. The van der Waals surface area contributed by atoms with E-state index in [1.807, 2.05) is 29.2 Å². The molecule has 0 saturated carbocycles. The molecule has 5 rings (SSSR count). The zero-order chi connectivity index (χ0) is 19.8. The third-order valence-corrected chi connectivity index (χ3v) is 6.63. The molecule has 0 aliphatic carbocycles. The second kappa shape index (κ2) is 7.48. The van der Waals surface area contributed by atoms with Crippen LogP contribution in [-0.2, 0) is 19.5 Å². The molecule has 0 spiro atoms. The maximum absolute atomic E-state index is 13.1. The van der Waals surface area contributed by atoms with E-state index in [1.54, 1.807) is 11.3 Å². The fourth-order valence-electron chi connectivity index (χ4n) is 4.11. The number of carbonyl (C=O) groups is 1. The number of amides is 1. The van der Waals surface area contributed by atoms with Crippen molar-refractivity contribution in [3.63, 3.8) is 0 Å². The van der Waals surface area contributed by atoms with Gasteiger partial charge in [-0.2, -0.15) is 0 Å². The number of benzene rings is 2. The summed E-state index contributed by atoms with van der Waals surface area (Å²) >= 11 is 1.55. The number of nitrogens with zero attached hydrogens (tertiary/aromatic N) is 3. The number of imidazole rings is 1. The molecular weight excluding hydrogens is 378 g/mol. The lowest BCUT2D eigenvalue weighted by Gasteiger charge is -2.28. The van der Waals surface area contributed by atoms with Crippen LogP contribution >= 0.6 is 11.3 Å². The van der Waals surface area contributed by atoms with Gasteiger partial charge in [0.05, 0.1) is 20.8 Å². The minimum Gasteiger partial charge on any atom is -0.333 e. The zero-order valence-electron chi connectivity index (χ0n) is 16.5. The predicted octanol–water partition coefficient (Wildman–Crippen LogP) is 5.37. The lowest BCUT2D eigenvalue weighted by molar-refractivity contribution is 0.0739. The molecule has 2 aromatic carbocycles. The van der Waals surface area contributed by atoms with Crippen molar-refractivity contribution >= 4 is 28.3 Å². The van der Waals surface area contributed by atoms with Gasteiger partial charge in [0.2, 0.25) is 0 Å². The normalized spacial score (nSPS) is 13.6. The standard InChI is InChI=1S/C24H23N3OS/c1-2-14-27-20-10-6-5-9-19(20)25-23(27)21-11-12-22(29-21)24(28)26-15-13-17-7-3-4-8-18(17)16-26/h3-12H,2,13-16H2,1H3. The van der Waals surface area contributed by atoms with Crippen LogP contribution in [0.2, 0.25) is 0 Å². The van der Waals surface area contributed by atoms with E-state index in [0.717, 1.165) is 52.5 Å². The lowest BCUT2D eigenvalue weighted by Crippen LogP contribution is -2.35. The SMILES string of the molecule is CCCn1c(-c2ccc(C(=O)N3CCc4ccccc4C3)s2)nc2ccccc21. The molecule has 1 aliphatic rings. The third kappa shape index (κ3) is 3.25. The fraction of sp³-hybridized carbons (Fsp3) is 0.250. The van der Waals surface area contributed by atoms with Gasteiger partial charge in [0, 0.05) is 19.6 Å². The molecule has 0 bridgehead atoms. The number of aromatic nitrogens is 2. The molecule has 3 heterocycles. The number of carbonyl (C=O) groups excluding carboxylic acids is 1. The second-order valence-corrected chi connectivity index (χ2v) is 8.57. The highest BCUT2D eigenvalue weighted by Gasteiger charge is 2.23. The van der Waals surface area contributed by atoms with Crippen LogP contribution in [-0.4, -0.2) is 26.9 Å². The largest absolute Gasteiger partial charge is 0.333 e. The van der Waals surface area contributed by atoms with E-state index in [1.165, 1.54) is 11.1 Å². The molecule has 4 nitrogen and oxygen atoms in total. The van der Waals surface area contributed by atoms with Gasteiger partial charge in [-0.05, 0) is 48.2 Å². The molecule has 0 radical (unpaired) electrons. The van der Waals surface area contributed by atoms with Gasteiger partial charge in [-0.15, -0.1) is 11.3 Å². The van der Waals surface area contributed by atoms with Gasteiger partial charge in [0.15, 0.2) is 5.82 Å². The number of aryl methyl sites for hydroxylation is 1. The molecule has 1 amide bonds. The van der Waals surface area contributed by atoms with Crippen molar-refractivity contribution in [2.75, 3.05) is 6.54 Å². The summed E-state index contributed by atoms with van der Waals surface area (Å²) in [5.41, 5.74) is 4.77. The van der Waals surface area contributed by atoms with Gasteiger partial charge >= 0.3 is 0 Å². The monoisotopic (exact) mass is 401 g/mol. The van der Waals surface area contributed by atoms with E-state index in [4.69, 9.17) is 4.98 Å². The molecule has 4 aromatic rings. The first-order chi connectivity index (χ1) is 14.2. The molecule has 1 aliphatic heterocycles. The molecule has 29 heavy (non-hydrogen) atoms. The van der Waals surface area contributed by atoms with Crippen molar-refractivity contribution in [3.05, 3.63) is 76.7 Å². The number of rotatable bonds is 4. The summed E-state index contributed by atoms with van der Waals surface area (Å²) in [7, 11) is 0. The van der Waals surface area contributed by atoms with Crippen LogP contribution in [0.25, 0.3) is 21.7 Å². The Balaban J connectivity index is 1.45. The Hall–Kier alpha value is -2.92. The number of thiophene rings is 1. The first-order valence-corrected chi connectivity index (χ1v) is 11.0. The van der Waals surface area contributed by atoms with Crippen molar-refractivity contribution < 1.29 is 4.79 Å². The Morgan fingerprint density at radius 3 is 2.69 bits per heavy atom. The molecule has 0 saturated heterocycles. The highest BCUT2D eigenvalue weighted by atomic mass is 32.1. The Labute approximate surface area is 174 Å². The van der Waals surface area contributed by atoms with Crippen LogP contribution in [0.3, 0.4) is 0 Å². The molecule has 0 fully saturated rings. The second-order valence-electron chi connectivity index (χ2n) is 7.49. The van der Waals surface area contributed by atoms with Gasteiger partial charge < -0.3 is 9.47 Å². The van der Waals surface area contributed by atoms with Crippen molar-refractivity contribution in [1.82, 2.24) is 14.5 Å². The van der Waals surface area contributed by atoms with Crippen molar-refractivity contribution in [2.24, 2.45) is 0 Å². The Morgan fingerprint density at radius 1 is 1.03 bits per heavy atom. The van der Waals surface area contributed by atoms with Gasteiger partial charge in [-0.3, -0.25) is 4.79 Å². The van der Waals surface area contributed by atoms with Gasteiger partial charge in [0.25, 0.3) is 5.91 Å². The van der Waals surface area contributed by atoms with Gasteiger partial charge in [-0.1, -0.05) is 43.3 Å². The first-order valence-electron chi connectivity index (χ1n) is 10.2. The van der Waals surface area contributed by atoms with Crippen LogP contribution in [0, 0.1) is 0 Å². The average molecular weight is 402 g/mol. The quantitative estimate of drug-likeness (QED) is 0.461. The number of hydrogen-bond donors (Lipinski definition) is 0. The van der Waals surface area contributed by atoms with Crippen molar-refractivity contribution in [1.29, 1.82) is 0 Å². The molecule has 2 aromatic heterocycles. The Bertz CT molecular complexity index is 1190. The van der Waals surface area contributed by atoms with Crippen LogP contribution in [0.4, 0.5) is 0 Å². The summed E-state index contributed by atoms with van der Waals surface area (Å²) in [6, 6.07) is 20.7. The van der Waals surface area contributed by atoms with Crippen LogP contribution in [0.1, 0.15) is 34.1 Å². The molecule has 146 valence electrons. The number of para-hydroxylation sites is 2. The summed E-state index contributed by atoms with van der Waals surface area (Å²) in [5, 5.41) is 0. The third-order valence-electron chi connectivity index (χ3n) is 5.56. The number of fused-ring (bicyclic) bond motifs is 2. The van der Waals surface area contributed by atoms with Crippen LogP contribution in [0.5, 0.6) is 0 Å². The molecular formula is C24H23N3OS. The maximum Gasteiger partial charge on any atom is 0.264 e. The summed E-state index contributed by atoms with van der Waals surface area (Å²) in [5.74, 6) is 1.08. The van der Waals surface area contributed by atoms with E-state index >= 15 is 0 Å². The molecule has 0 atom stereocenters. The zero-order valence-corrected chi connectivity index (χ0v) is 17.3. The molecule has 0 N–H and O–H groups in total. The average Bonchev–Trinajstić information content (AvgIpc) is 3.38. The first kappa shape index (κ1) is 18.1. The van der Waals surface area contributed by atoms with E-state index in [-0.39, 0.29) is 5.91 Å². The molecule has 0 unspecified atom stereocenters. The minimum atomic E-state index is 0.119. The van der Waals surface area contributed by atoms with Crippen molar-refractivity contribution in [3.8, 4) is 10.7 Å². The van der Waals surface area contributed by atoms with E-state index in [0.29, 0.717) is 6.54 Å².